The van der Waals surface area contributed by atoms with Gasteiger partial charge >= 0.3 is 5.97 Å². The second kappa shape index (κ2) is 6.18. The Bertz CT molecular complexity index is 235. The quantitative estimate of drug-likeness (QED) is 0.659. The summed E-state index contributed by atoms with van der Waals surface area (Å²) in [6, 6.07) is 0.0559. The largest absolute Gasteiger partial charge is 0.465 e. The Morgan fingerprint density at radius 2 is 2.25 bits per heavy atom. The number of piperazine rings is 1. The van der Waals surface area contributed by atoms with E-state index >= 15 is 0 Å². The highest BCUT2D eigenvalue weighted by atomic mass is 16.5. The van der Waals surface area contributed by atoms with Crippen LogP contribution >= 0.6 is 0 Å². The number of carbonyl (C=O) groups is 1. The van der Waals surface area contributed by atoms with E-state index in [1.807, 2.05) is 13.8 Å². The molecule has 0 amide bonds. The van der Waals surface area contributed by atoms with E-state index < -0.39 is 0 Å². The van der Waals surface area contributed by atoms with Crippen molar-refractivity contribution in [1.82, 2.24) is 9.80 Å². The SMILES string of the molecule is CCOC(=O)C(C)N1CCN(C)CC1CN. The molecule has 2 atom stereocenters. The van der Waals surface area contributed by atoms with Crippen molar-refractivity contribution in [1.29, 1.82) is 0 Å². The molecule has 2 N–H and O–H groups in total. The monoisotopic (exact) mass is 229 g/mol. The molecule has 0 spiro atoms. The van der Waals surface area contributed by atoms with Gasteiger partial charge in [-0.05, 0) is 20.9 Å². The van der Waals surface area contributed by atoms with Crippen molar-refractivity contribution in [2.24, 2.45) is 5.73 Å². The predicted molar refractivity (Wildman–Crippen MR) is 63.1 cm³/mol. The van der Waals surface area contributed by atoms with Crippen LogP contribution in [-0.2, 0) is 9.53 Å². The molecule has 5 heteroatoms. The number of ether oxygens (including phenoxy) is 1. The van der Waals surface area contributed by atoms with Gasteiger partial charge in [0.05, 0.1) is 6.61 Å². The van der Waals surface area contributed by atoms with Gasteiger partial charge in [0.25, 0.3) is 0 Å². The van der Waals surface area contributed by atoms with Gasteiger partial charge in [0.2, 0.25) is 0 Å². The summed E-state index contributed by atoms with van der Waals surface area (Å²) in [4.78, 5) is 16.1. The van der Waals surface area contributed by atoms with Crippen LogP contribution in [0.25, 0.3) is 0 Å². The van der Waals surface area contributed by atoms with E-state index in [1.54, 1.807) is 0 Å². The van der Waals surface area contributed by atoms with Gasteiger partial charge in [0.1, 0.15) is 6.04 Å². The number of nitrogens with zero attached hydrogens (tertiary/aromatic N) is 2. The number of esters is 1. The highest BCUT2D eigenvalue weighted by Gasteiger charge is 2.31. The number of likely N-dealkylation sites (N-methyl/N-ethyl adjacent to an activating group) is 1. The molecular formula is C11H23N3O2. The molecule has 0 bridgehead atoms. The Kier molecular flexibility index (Phi) is 5.18. The fourth-order valence-corrected chi connectivity index (χ4v) is 2.14. The van der Waals surface area contributed by atoms with Crippen LogP contribution in [0.2, 0.25) is 0 Å². The molecule has 16 heavy (non-hydrogen) atoms. The molecule has 1 saturated heterocycles. The first kappa shape index (κ1) is 13.4. The lowest BCUT2D eigenvalue weighted by Gasteiger charge is -2.41. The van der Waals surface area contributed by atoms with Crippen LogP contribution in [0.15, 0.2) is 0 Å². The molecule has 1 aliphatic rings. The van der Waals surface area contributed by atoms with Gasteiger partial charge in [-0.25, -0.2) is 0 Å². The Labute approximate surface area is 97.5 Å². The maximum atomic E-state index is 11.7. The molecule has 2 unspecified atom stereocenters. The molecule has 1 aliphatic heterocycles. The summed E-state index contributed by atoms with van der Waals surface area (Å²) in [5, 5.41) is 0. The van der Waals surface area contributed by atoms with Gasteiger partial charge < -0.3 is 15.4 Å². The number of hydrogen-bond donors (Lipinski definition) is 1. The highest BCUT2D eigenvalue weighted by molar-refractivity contribution is 5.75. The number of carbonyl (C=O) groups excluding carboxylic acids is 1. The topological polar surface area (TPSA) is 58.8 Å². The Morgan fingerprint density at radius 1 is 1.56 bits per heavy atom. The summed E-state index contributed by atoms with van der Waals surface area (Å²) in [6.45, 7) is 7.50. The second-order valence-electron chi connectivity index (χ2n) is 4.32. The lowest BCUT2D eigenvalue weighted by atomic mass is 10.1. The molecule has 1 fully saturated rings. The zero-order valence-electron chi connectivity index (χ0n) is 10.5. The summed E-state index contributed by atoms with van der Waals surface area (Å²) in [7, 11) is 2.08. The van der Waals surface area contributed by atoms with Crippen molar-refractivity contribution >= 4 is 5.97 Å². The molecular weight excluding hydrogens is 206 g/mol. The second-order valence-corrected chi connectivity index (χ2v) is 4.32. The average Bonchev–Trinajstić information content (AvgIpc) is 2.28. The molecule has 1 rings (SSSR count). The number of hydrogen-bond acceptors (Lipinski definition) is 5. The van der Waals surface area contributed by atoms with E-state index in [1.165, 1.54) is 0 Å². The van der Waals surface area contributed by atoms with Gasteiger partial charge in [0, 0.05) is 32.2 Å². The first-order valence-electron chi connectivity index (χ1n) is 5.91. The highest BCUT2D eigenvalue weighted by Crippen LogP contribution is 2.12. The van der Waals surface area contributed by atoms with Gasteiger partial charge in [-0.15, -0.1) is 0 Å². The fraction of sp³-hybridized carbons (Fsp3) is 0.909. The average molecular weight is 229 g/mol. The van der Waals surface area contributed by atoms with Crippen LogP contribution in [0, 0.1) is 0 Å². The van der Waals surface area contributed by atoms with Gasteiger partial charge in [-0.1, -0.05) is 0 Å². The van der Waals surface area contributed by atoms with Crippen LogP contribution in [0.3, 0.4) is 0 Å². The van der Waals surface area contributed by atoms with E-state index in [2.05, 4.69) is 16.8 Å². The lowest BCUT2D eigenvalue weighted by molar-refractivity contribution is -0.150. The van der Waals surface area contributed by atoms with E-state index in [0.29, 0.717) is 13.2 Å². The molecule has 0 aromatic carbocycles. The summed E-state index contributed by atoms with van der Waals surface area (Å²) in [5.41, 5.74) is 5.75. The molecule has 5 nitrogen and oxygen atoms in total. The third-order valence-electron chi connectivity index (χ3n) is 3.13. The van der Waals surface area contributed by atoms with Crippen molar-refractivity contribution < 1.29 is 9.53 Å². The molecule has 94 valence electrons. The van der Waals surface area contributed by atoms with E-state index in [-0.39, 0.29) is 18.1 Å². The normalized spacial score (nSPS) is 25.4. The summed E-state index contributed by atoms with van der Waals surface area (Å²) >= 11 is 0. The zero-order valence-corrected chi connectivity index (χ0v) is 10.5. The van der Waals surface area contributed by atoms with Gasteiger partial charge in [0.15, 0.2) is 0 Å². The van der Waals surface area contributed by atoms with Crippen LogP contribution in [0.1, 0.15) is 13.8 Å². The minimum atomic E-state index is -0.192. The Morgan fingerprint density at radius 3 is 2.81 bits per heavy atom. The Hall–Kier alpha value is -0.650. The minimum absolute atomic E-state index is 0.148. The molecule has 0 aromatic rings. The van der Waals surface area contributed by atoms with Gasteiger partial charge in [-0.2, -0.15) is 0 Å². The fourth-order valence-electron chi connectivity index (χ4n) is 2.14. The molecule has 1 heterocycles. The molecule has 0 aromatic heterocycles. The van der Waals surface area contributed by atoms with Gasteiger partial charge in [-0.3, -0.25) is 9.69 Å². The van der Waals surface area contributed by atoms with Crippen LogP contribution in [-0.4, -0.2) is 67.7 Å². The van der Waals surface area contributed by atoms with Crippen molar-refractivity contribution in [2.45, 2.75) is 25.9 Å². The van der Waals surface area contributed by atoms with Crippen molar-refractivity contribution in [2.75, 3.05) is 39.8 Å². The minimum Gasteiger partial charge on any atom is -0.465 e. The zero-order chi connectivity index (χ0) is 12.1. The Balaban J connectivity index is 2.59. The van der Waals surface area contributed by atoms with Crippen LogP contribution in [0.4, 0.5) is 0 Å². The summed E-state index contributed by atoms with van der Waals surface area (Å²) in [5.74, 6) is -0.148. The molecule has 0 radical (unpaired) electrons. The first-order valence-corrected chi connectivity index (χ1v) is 5.91. The third kappa shape index (κ3) is 3.17. The van der Waals surface area contributed by atoms with E-state index in [9.17, 15) is 4.79 Å². The number of nitrogens with two attached hydrogens (primary N) is 1. The van der Waals surface area contributed by atoms with Crippen molar-refractivity contribution in [3.8, 4) is 0 Å². The van der Waals surface area contributed by atoms with Crippen LogP contribution < -0.4 is 5.73 Å². The summed E-state index contributed by atoms with van der Waals surface area (Å²) < 4.78 is 5.04. The summed E-state index contributed by atoms with van der Waals surface area (Å²) in [6.07, 6.45) is 0. The standard InChI is InChI=1S/C11H23N3O2/c1-4-16-11(15)9(2)14-6-5-13(3)8-10(14)7-12/h9-10H,4-8,12H2,1-3H3. The van der Waals surface area contributed by atoms with Crippen LogP contribution in [0.5, 0.6) is 0 Å². The van der Waals surface area contributed by atoms with Crippen molar-refractivity contribution in [3.05, 3.63) is 0 Å². The third-order valence-corrected chi connectivity index (χ3v) is 3.13. The lowest BCUT2D eigenvalue weighted by Crippen LogP contribution is -2.59. The predicted octanol–water partition coefficient (Wildman–Crippen LogP) is -0.487. The first-order chi connectivity index (χ1) is 7.60. The molecule has 0 saturated carbocycles. The molecule has 0 aliphatic carbocycles. The van der Waals surface area contributed by atoms with Crippen molar-refractivity contribution in [3.63, 3.8) is 0 Å². The van der Waals surface area contributed by atoms with E-state index in [0.717, 1.165) is 19.6 Å². The number of rotatable bonds is 4. The maximum absolute atomic E-state index is 11.7. The smallest absolute Gasteiger partial charge is 0.323 e. The van der Waals surface area contributed by atoms with E-state index in [4.69, 9.17) is 10.5 Å². The maximum Gasteiger partial charge on any atom is 0.323 e.